The Labute approximate surface area is 231 Å². The van der Waals surface area contributed by atoms with Crippen molar-refractivity contribution in [1.82, 2.24) is 0 Å². The van der Waals surface area contributed by atoms with Crippen LogP contribution in [-0.2, 0) is 22.8 Å². The zero-order valence-corrected chi connectivity index (χ0v) is 27.7. The van der Waals surface area contributed by atoms with Gasteiger partial charge in [0.1, 0.15) is 0 Å². The number of furan rings is 1. The summed E-state index contributed by atoms with van der Waals surface area (Å²) in [5, 5.41) is 0. The second kappa shape index (κ2) is 10.1. The first-order valence-corrected chi connectivity index (χ1v) is 25.9. The molecular formula is C31H38Cl2OSiZr. The number of rotatable bonds is 4. The van der Waals surface area contributed by atoms with E-state index in [0.29, 0.717) is 3.63 Å². The van der Waals surface area contributed by atoms with Gasteiger partial charge in [-0.3, -0.25) is 0 Å². The van der Waals surface area contributed by atoms with E-state index in [4.69, 9.17) is 4.42 Å². The molecule has 0 aliphatic heterocycles. The van der Waals surface area contributed by atoms with Crippen LogP contribution < -0.4 is 0 Å². The minimum atomic E-state index is -3.39. The van der Waals surface area contributed by atoms with Gasteiger partial charge in [-0.05, 0) is 0 Å². The van der Waals surface area contributed by atoms with E-state index >= 15 is 0 Å². The molecule has 3 aromatic rings. The van der Waals surface area contributed by atoms with Gasteiger partial charge in [0, 0.05) is 0 Å². The number of fused-ring (bicyclic) bond motifs is 1. The van der Waals surface area contributed by atoms with Gasteiger partial charge >= 0.3 is 208 Å². The van der Waals surface area contributed by atoms with Crippen molar-refractivity contribution in [3.63, 3.8) is 0 Å². The van der Waals surface area contributed by atoms with Crippen LogP contribution in [0, 0.1) is 6.92 Å². The minimum absolute atomic E-state index is 0. The Morgan fingerprint density at radius 1 is 0.944 bits per heavy atom. The van der Waals surface area contributed by atoms with E-state index in [1.807, 2.05) is 6.92 Å². The van der Waals surface area contributed by atoms with E-state index < -0.39 is 17.4 Å². The maximum Gasteiger partial charge on any atom is -0.147 e. The van der Waals surface area contributed by atoms with Gasteiger partial charge in [0.05, 0.1) is 0 Å². The molecule has 2 aromatic carbocycles. The SMILES string of the molecule is Cc1ccc(C2=Cc3c(-c4ccc(C(C)(C)C)cc4)cccc3[CH]2[Zr]([CH3])([CH3])(=[SiH2])[C]2=CC=CC2)o1.Cl.Cl. The molecule has 190 valence electrons. The summed E-state index contributed by atoms with van der Waals surface area (Å²) in [4.78, 5) is 0. The van der Waals surface area contributed by atoms with E-state index in [-0.39, 0.29) is 30.2 Å². The average molecular weight is 617 g/mol. The molecule has 0 N–H and O–H groups in total. The maximum atomic E-state index is 6.26. The molecule has 2 aliphatic carbocycles. The molecule has 1 aromatic heterocycles. The molecule has 5 heteroatoms. The molecule has 0 bridgehead atoms. The number of aryl methyl sites for hydroxylation is 1. The summed E-state index contributed by atoms with van der Waals surface area (Å²) in [6, 6.07) is 20.4. The van der Waals surface area contributed by atoms with Crippen LogP contribution in [0.4, 0.5) is 0 Å². The molecule has 5 rings (SSSR count). The largest absolute Gasteiger partial charge is 0.147 e. The van der Waals surface area contributed by atoms with Gasteiger partial charge in [-0.15, -0.1) is 24.8 Å². The van der Waals surface area contributed by atoms with Crippen molar-refractivity contribution in [2.24, 2.45) is 0 Å². The van der Waals surface area contributed by atoms with Crippen LogP contribution in [0.3, 0.4) is 0 Å². The van der Waals surface area contributed by atoms with Crippen molar-refractivity contribution in [2.75, 3.05) is 0 Å². The number of hydrogen-bond donors (Lipinski definition) is 0. The summed E-state index contributed by atoms with van der Waals surface area (Å²) in [5.74, 6) is 2.01. The Bertz CT molecular complexity index is 1440. The summed E-state index contributed by atoms with van der Waals surface area (Å²) in [6.45, 7) is 11.2. The minimum Gasteiger partial charge on any atom is -0.147 e. The van der Waals surface area contributed by atoms with Crippen LogP contribution in [0.15, 0.2) is 80.5 Å². The topological polar surface area (TPSA) is 13.1 Å². The van der Waals surface area contributed by atoms with Crippen molar-refractivity contribution in [1.29, 1.82) is 0 Å². The molecule has 1 heterocycles. The normalized spacial score (nSPS) is 17.1. The summed E-state index contributed by atoms with van der Waals surface area (Å²) >= 11 is -3.39. The van der Waals surface area contributed by atoms with E-state index in [0.717, 1.165) is 17.9 Å². The molecule has 1 unspecified atom stereocenters. The van der Waals surface area contributed by atoms with Crippen LogP contribution in [0.5, 0.6) is 0 Å². The van der Waals surface area contributed by atoms with Crippen LogP contribution in [0.2, 0.25) is 9.26 Å². The predicted molar refractivity (Wildman–Crippen MR) is 161 cm³/mol. The molecule has 2 aliphatic rings. The number of hydrogen-bond acceptors (Lipinski definition) is 1. The van der Waals surface area contributed by atoms with Crippen molar-refractivity contribution in [3.8, 4) is 11.1 Å². The van der Waals surface area contributed by atoms with Crippen molar-refractivity contribution < 1.29 is 21.8 Å². The van der Waals surface area contributed by atoms with Crippen LogP contribution in [0.1, 0.15) is 59.0 Å². The standard InChI is InChI=1S/C24H23O.C5H5.2CH3.2ClH.H2Si.Zr/c1-16-8-13-23(25-16)19-14-18-6-5-7-21(22(18)15-19)17-9-11-20(12-10-17)24(2,3)4;1-2-4-5-3-1;;;;;;/h5-15H,1-4H3;1-3H,4H2;2*1H3;2*1H;1H2;. The molecule has 0 amide bonds. The third kappa shape index (κ3) is 5.02. The smallest absolute Gasteiger partial charge is 0.147 e. The Morgan fingerprint density at radius 2 is 1.64 bits per heavy atom. The van der Waals surface area contributed by atoms with Gasteiger partial charge in [0.15, 0.2) is 0 Å². The Hall–Kier alpha value is -1.38. The summed E-state index contributed by atoms with van der Waals surface area (Å²) in [5.41, 5.74) is 8.38. The molecule has 36 heavy (non-hydrogen) atoms. The third-order valence-electron chi connectivity index (χ3n) is 7.90. The Balaban J connectivity index is 0.00000180. The molecular weight excluding hydrogens is 579 g/mol. The van der Waals surface area contributed by atoms with Gasteiger partial charge in [0.25, 0.3) is 0 Å². The zero-order valence-electron chi connectivity index (χ0n) is 22.2. The first kappa shape index (κ1) is 29.2. The van der Waals surface area contributed by atoms with Crippen molar-refractivity contribution in [3.05, 3.63) is 104 Å². The third-order valence-corrected chi connectivity index (χ3v) is 25.2. The van der Waals surface area contributed by atoms with E-state index in [1.165, 1.54) is 33.4 Å². The summed E-state index contributed by atoms with van der Waals surface area (Å²) < 4.78 is 13.6. The van der Waals surface area contributed by atoms with Crippen molar-refractivity contribution >= 4 is 43.3 Å². The second-order valence-corrected chi connectivity index (χ2v) is 41.9. The average Bonchev–Trinajstić information content (AvgIpc) is 3.52. The van der Waals surface area contributed by atoms with Crippen LogP contribution in [-0.4, -0.2) is 6.88 Å². The molecule has 0 radical (unpaired) electrons. The predicted octanol–water partition coefficient (Wildman–Crippen LogP) is 9.17. The molecule has 0 spiro atoms. The molecule has 1 atom stereocenters. The zero-order chi connectivity index (χ0) is 24.3. The van der Waals surface area contributed by atoms with Gasteiger partial charge < -0.3 is 0 Å². The fourth-order valence-corrected chi connectivity index (χ4v) is 20.5. The number of halogens is 2. The fourth-order valence-electron chi connectivity index (χ4n) is 5.85. The first-order chi connectivity index (χ1) is 15.9. The number of allylic oxidation sites excluding steroid dienone is 5. The van der Waals surface area contributed by atoms with Crippen LogP contribution in [0.25, 0.3) is 22.8 Å². The molecule has 0 fully saturated rings. The van der Waals surface area contributed by atoms with Crippen LogP contribution >= 0.6 is 24.8 Å². The first-order valence-electron chi connectivity index (χ1n) is 12.4. The molecule has 0 saturated heterocycles. The van der Waals surface area contributed by atoms with Gasteiger partial charge in [-0.2, -0.15) is 0 Å². The Morgan fingerprint density at radius 3 is 2.19 bits per heavy atom. The summed E-state index contributed by atoms with van der Waals surface area (Å²) in [7, 11) is 0. The summed E-state index contributed by atoms with van der Waals surface area (Å²) in [6.07, 6.45) is 10.5. The van der Waals surface area contributed by atoms with Gasteiger partial charge in [-0.1, -0.05) is 0 Å². The quantitative estimate of drug-likeness (QED) is 0.267. The maximum absolute atomic E-state index is 6.26. The van der Waals surface area contributed by atoms with E-state index in [1.54, 1.807) is 3.28 Å². The van der Waals surface area contributed by atoms with E-state index in [2.05, 4.69) is 116 Å². The van der Waals surface area contributed by atoms with Gasteiger partial charge in [-0.25, -0.2) is 0 Å². The molecule has 1 nitrogen and oxygen atoms in total. The monoisotopic (exact) mass is 614 g/mol. The van der Waals surface area contributed by atoms with Gasteiger partial charge in [0.2, 0.25) is 0 Å². The molecule has 0 saturated carbocycles. The van der Waals surface area contributed by atoms with E-state index in [9.17, 15) is 0 Å². The number of benzene rings is 2. The van der Waals surface area contributed by atoms with Crippen molar-refractivity contribution in [2.45, 2.75) is 52.4 Å². The fraction of sp³-hybridized carbons (Fsp3) is 0.290. The second-order valence-electron chi connectivity index (χ2n) is 12.2. The Kier molecular flexibility index (Phi) is 8.16.